The number of hydrogen-bond acceptors (Lipinski definition) is 4. The molecule has 0 aromatic rings. The third-order valence-electron chi connectivity index (χ3n) is 4.57. The molecule has 0 aromatic heterocycles. The second-order valence-electron chi connectivity index (χ2n) is 6.33. The average molecular weight is 254 g/mol. The van der Waals surface area contributed by atoms with Gasteiger partial charge in [-0.3, -0.25) is 14.7 Å². The summed E-state index contributed by atoms with van der Waals surface area (Å²) in [5.41, 5.74) is 0. The minimum Gasteiger partial charge on any atom is -0.303 e. The molecule has 0 aliphatic carbocycles. The largest absolute Gasteiger partial charge is 0.303 e. The highest BCUT2D eigenvalue weighted by Crippen LogP contribution is 2.11. The average Bonchev–Trinajstić information content (AvgIpc) is 2.32. The Morgan fingerprint density at radius 1 is 1.11 bits per heavy atom. The smallest absolute Gasteiger partial charge is 0.0347 e. The molecule has 0 amide bonds. The van der Waals surface area contributed by atoms with E-state index in [1.165, 1.54) is 52.4 Å². The van der Waals surface area contributed by atoms with Crippen LogP contribution in [0.1, 0.15) is 13.8 Å². The van der Waals surface area contributed by atoms with E-state index in [2.05, 4.69) is 47.5 Å². The Balaban J connectivity index is 1.60. The van der Waals surface area contributed by atoms with Crippen LogP contribution >= 0.6 is 0 Å². The minimum atomic E-state index is 0.709. The Hall–Kier alpha value is -0.160. The van der Waals surface area contributed by atoms with Crippen molar-refractivity contribution in [2.24, 2.45) is 0 Å². The van der Waals surface area contributed by atoms with Crippen LogP contribution in [0.4, 0.5) is 0 Å². The van der Waals surface area contributed by atoms with Crippen molar-refractivity contribution in [3.8, 4) is 0 Å². The van der Waals surface area contributed by atoms with E-state index in [0.717, 1.165) is 6.04 Å². The Labute approximate surface area is 113 Å². The number of likely N-dealkylation sites (N-methyl/N-ethyl adjacent to an activating group) is 2. The first-order chi connectivity index (χ1) is 8.56. The van der Waals surface area contributed by atoms with Gasteiger partial charge in [0.2, 0.25) is 0 Å². The second kappa shape index (κ2) is 6.33. The van der Waals surface area contributed by atoms with Crippen molar-refractivity contribution in [2.45, 2.75) is 25.9 Å². The summed E-state index contributed by atoms with van der Waals surface area (Å²) in [5.74, 6) is 0. The molecule has 2 rings (SSSR count). The highest BCUT2D eigenvalue weighted by Gasteiger charge is 2.27. The Kier molecular flexibility index (Phi) is 5.01. The first kappa shape index (κ1) is 14.3. The Bertz CT molecular complexity index is 242. The molecule has 0 unspecified atom stereocenters. The van der Waals surface area contributed by atoms with E-state index in [4.69, 9.17) is 0 Å². The lowest BCUT2D eigenvalue weighted by atomic mass is 10.1. The summed E-state index contributed by atoms with van der Waals surface area (Å²) >= 11 is 0. The van der Waals surface area contributed by atoms with E-state index in [0.29, 0.717) is 6.04 Å². The number of piperazine rings is 1. The number of likely N-dealkylation sites (tertiary alicyclic amines) is 1. The first-order valence-electron chi connectivity index (χ1n) is 7.41. The lowest BCUT2D eigenvalue weighted by Crippen LogP contribution is -2.58. The number of rotatable bonds is 5. The quantitative estimate of drug-likeness (QED) is 0.698. The van der Waals surface area contributed by atoms with Crippen molar-refractivity contribution in [1.29, 1.82) is 0 Å². The fourth-order valence-corrected chi connectivity index (χ4v) is 2.93. The van der Waals surface area contributed by atoms with Crippen molar-refractivity contribution in [2.75, 3.05) is 66.5 Å². The van der Waals surface area contributed by atoms with Crippen LogP contribution in [-0.2, 0) is 0 Å². The predicted octanol–water partition coefficient (Wildman–Crippen LogP) is 0.258. The van der Waals surface area contributed by atoms with E-state index in [1.54, 1.807) is 0 Å². The third kappa shape index (κ3) is 3.67. The molecule has 2 fully saturated rings. The third-order valence-corrected chi connectivity index (χ3v) is 4.57. The van der Waals surface area contributed by atoms with Gasteiger partial charge in [-0.2, -0.15) is 0 Å². The van der Waals surface area contributed by atoms with Crippen molar-refractivity contribution in [3.05, 3.63) is 0 Å². The first-order valence-corrected chi connectivity index (χ1v) is 7.41. The Morgan fingerprint density at radius 3 is 2.22 bits per heavy atom. The molecule has 2 heterocycles. The van der Waals surface area contributed by atoms with Gasteiger partial charge in [0.1, 0.15) is 0 Å². The summed E-state index contributed by atoms with van der Waals surface area (Å²) in [6.07, 6.45) is 0. The summed E-state index contributed by atoms with van der Waals surface area (Å²) in [5, 5.41) is 0. The van der Waals surface area contributed by atoms with Crippen molar-refractivity contribution in [1.82, 2.24) is 19.6 Å². The maximum atomic E-state index is 2.62. The summed E-state index contributed by atoms with van der Waals surface area (Å²) in [6.45, 7) is 14.5. The lowest BCUT2D eigenvalue weighted by Gasteiger charge is -2.43. The molecule has 0 N–H and O–H groups in total. The molecule has 0 radical (unpaired) electrons. The molecule has 0 aromatic carbocycles. The topological polar surface area (TPSA) is 13.0 Å². The second-order valence-corrected chi connectivity index (χ2v) is 6.33. The van der Waals surface area contributed by atoms with Gasteiger partial charge in [0, 0.05) is 64.4 Å². The molecule has 4 heteroatoms. The van der Waals surface area contributed by atoms with E-state index >= 15 is 0 Å². The molecule has 4 nitrogen and oxygen atoms in total. The molecule has 2 saturated heterocycles. The molecule has 0 saturated carbocycles. The SMILES string of the molecule is CC(C)N1CCN(CCN(C)C2CN(C)C2)CC1. The molecular weight excluding hydrogens is 224 g/mol. The number of nitrogens with zero attached hydrogens (tertiary/aromatic N) is 4. The van der Waals surface area contributed by atoms with E-state index in [1.807, 2.05) is 0 Å². The maximum Gasteiger partial charge on any atom is 0.0347 e. The van der Waals surface area contributed by atoms with Crippen LogP contribution in [0.2, 0.25) is 0 Å². The summed E-state index contributed by atoms with van der Waals surface area (Å²) in [6, 6.07) is 1.51. The van der Waals surface area contributed by atoms with Gasteiger partial charge < -0.3 is 4.90 Å². The minimum absolute atomic E-state index is 0.709. The zero-order chi connectivity index (χ0) is 13.1. The van der Waals surface area contributed by atoms with Crippen LogP contribution < -0.4 is 0 Å². The van der Waals surface area contributed by atoms with Gasteiger partial charge in [-0.1, -0.05) is 0 Å². The van der Waals surface area contributed by atoms with Crippen molar-refractivity contribution < 1.29 is 0 Å². The van der Waals surface area contributed by atoms with Gasteiger partial charge in [0.25, 0.3) is 0 Å². The van der Waals surface area contributed by atoms with Crippen LogP contribution in [0.5, 0.6) is 0 Å². The predicted molar refractivity (Wildman–Crippen MR) is 77.1 cm³/mol. The summed E-state index contributed by atoms with van der Waals surface area (Å²) in [7, 11) is 4.48. The van der Waals surface area contributed by atoms with E-state index in [-0.39, 0.29) is 0 Å². The Morgan fingerprint density at radius 2 is 1.72 bits per heavy atom. The molecule has 0 spiro atoms. The standard InChI is InChI=1S/C14H30N4/c1-13(2)18-9-7-17(8-10-18)6-5-16(4)14-11-15(3)12-14/h13-14H,5-12H2,1-4H3. The molecule has 2 aliphatic heterocycles. The molecule has 2 aliphatic rings. The summed E-state index contributed by atoms with van der Waals surface area (Å²) in [4.78, 5) is 10.1. The van der Waals surface area contributed by atoms with Crippen LogP contribution in [-0.4, -0.2) is 98.1 Å². The van der Waals surface area contributed by atoms with Gasteiger partial charge in [0.05, 0.1) is 0 Å². The molecule has 106 valence electrons. The maximum absolute atomic E-state index is 2.62. The van der Waals surface area contributed by atoms with E-state index < -0.39 is 0 Å². The van der Waals surface area contributed by atoms with Gasteiger partial charge in [-0.15, -0.1) is 0 Å². The molecule has 18 heavy (non-hydrogen) atoms. The van der Waals surface area contributed by atoms with Crippen LogP contribution in [0.15, 0.2) is 0 Å². The number of hydrogen-bond donors (Lipinski definition) is 0. The van der Waals surface area contributed by atoms with Gasteiger partial charge in [-0.25, -0.2) is 0 Å². The van der Waals surface area contributed by atoms with Crippen molar-refractivity contribution in [3.63, 3.8) is 0 Å². The van der Waals surface area contributed by atoms with Crippen LogP contribution in [0, 0.1) is 0 Å². The molecule has 0 atom stereocenters. The highest BCUT2D eigenvalue weighted by atomic mass is 15.3. The van der Waals surface area contributed by atoms with Crippen LogP contribution in [0.3, 0.4) is 0 Å². The van der Waals surface area contributed by atoms with Crippen molar-refractivity contribution >= 4 is 0 Å². The lowest BCUT2D eigenvalue weighted by molar-refractivity contribution is 0.0528. The van der Waals surface area contributed by atoms with Crippen LogP contribution in [0.25, 0.3) is 0 Å². The fraction of sp³-hybridized carbons (Fsp3) is 1.00. The molecule has 0 bridgehead atoms. The highest BCUT2D eigenvalue weighted by molar-refractivity contribution is 4.85. The normalized spacial score (nSPS) is 25.0. The fourth-order valence-electron chi connectivity index (χ4n) is 2.93. The zero-order valence-corrected chi connectivity index (χ0v) is 12.6. The summed E-state index contributed by atoms with van der Waals surface area (Å²) < 4.78 is 0. The van der Waals surface area contributed by atoms with Gasteiger partial charge >= 0.3 is 0 Å². The monoisotopic (exact) mass is 254 g/mol. The van der Waals surface area contributed by atoms with Gasteiger partial charge in [0.15, 0.2) is 0 Å². The van der Waals surface area contributed by atoms with Gasteiger partial charge in [-0.05, 0) is 27.9 Å². The molecular formula is C14H30N4. The zero-order valence-electron chi connectivity index (χ0n) is 12.6. The van der Waals surface area contributed by atoms with E-state index in [9.17, 15) is 0 Å².